The Hall–Kier alpha value is -5.00. The van der Waals surface area contributed by atoms with Crippen molar-refractivity contribution in [1.29, 1.82) is 0 Å². The second-order valence-electron chi connectivity index (χ2n) is 12.7. The standard InChI is InChI=1S/C35H36F3N7O2/c1-22(23-9-6-5-7-10-23)41-28-20-26(13-16-39-28)30-29(25-11-8-12-27(19-25)35(36,37)38)32-43-40-21-45(32)31(42-30)24-14-17-44(18-15-24)33(46)47-34(2,3)4/h5-13,16,19-22,24H,14-15,17-18H2,1-4H3,(H,39,41). The number of hydrogen-bond donors (Lipinski definition) is 1. The Balaban J connectivity index is 1.43. The van der Waals surface area contributed by atoms with Crippen LogP contribution in [0.2, 0.25) is 0 Å². The van der Waals surface area contributed by atoms with E-state index in [0.29, 0.717) is 65.6 Å². The minimum Gasteiger partial charge on any atom is -0.444 e. The largest absolute Gasteiger partial charge is 0.444 e. The number of carbonyl (C=O) groups is 1. The molecular weight excluding hydrogens is 607 g/mol. The number of likely N-dealkylation sites (tertiary alicyclic amines) is 1. The molecule has 6 rings (SSSR count). The number of alkyl halides is 3. The van der Waals surface area contributed by atoms with Crippen molar-refractivity contribution in [1.82, 2.24) is 29.5 Å². The van der Waals surface area contributed by atoms with Crippen LogP contribution < -0.4 is 5.32 Å². The first-order valence-electron chi connectivity index (χ1n) is 15.5. The number of halogens is 3. The van der Waals surface area contributed by atoms with Crippen LogP contribution in [0.1, 0.15) is 69.4 Å². The zero-order valence-corrected chi connectivity index (χ0v) is 26.6. The van der Waals surface area contributed by atoms with Crippen molar-refractivity contribution < 1.29 is 22.7 Å². The van der Waals surface area contributed by atoms with Crippen LogP contribution >= 0.6 is 0 Å². The number of amides is 1. The molecule has 1 N–H and O–H groups in total. The van der Waals surface area contributed by atoms with Gasteiger partial charge >= 0.3 is 12.3 Å². The van der Waals surface area contributed by atoms with Crippen LogP contribution in [0.25, 0.3) is 28.0 Å². The summed E-state index contributed by atoms with van der Waals surface area (Å²) in [5.41, 5.74) is 1.96. The van der Waals surface area contributed by atoms with Gasteiger partial charge < -0.3 is 15.0 Å². The predicted molar refractivity (Wildman–Crippen MR) is 173 cm³/mol. The van der Waals surface area contributed by atoms with Crippen molar-refractivity contribution in [2.24, 2.45) is 0 Å². The molecule has 1 aliphatic rings. The number of pyridine rings is 1. The number of piperidine rings is 1. The zero-order chi connectivity index (χ0) is 33.3. The number of carbonyl (C=O) groups excluding carboxylic acids is 1. The molecule has 12 heteroatoms. The highest BCUT2D eigenvalue weighted by molar-refractivity contribution is 5.90. The van der Waals surface area contributed by atoms with Crippen LogP contribution in [0.4, 0.5) is 23.8 Å². The molecule has 0 aliphatic carbocycles. The Morgan fingerprint density at radius 2 is 1.72 bits per heavy atom. The first-order chi connectivity index (χ1) is 22.4. The van der Waals surface area contributed by atoms with Gasteiger partial charge in [-0.05, 0) is 75.9 Å². The van der Waals surface area contributed by atoms with Gasteiger partial charge in [0.05, 0.1) is 16.8 Å². The third-order valence-electron chi connectivity index (χ3n) is 8.17. The van der Waals surface area contributed by atoms with Gasteiger partial charge in [-0.25, -0.2) is 14.8 Å². The van der Waals surface area contributed by atoms with Gasteiger partial charge in [-0.2, -0.15) is 13.2 Å². The van der Waals surface area contributed by atoms with Gasteiger partial charge in [0.1, 0.15) is 23.6 Å². The zero-order valence-electron chi connectivity index (χ0n) is 26.6. The molecule has 1 aliphatic heterocycles. The summed E-state index contributed by atoms with van der Waals surface area (Å²) in [5.74, 6) is 1.19. The first-order valence-corrected chi connectivity index (χ1v) is 15.5. The monoisotopic (exact) mass is 643 g/mol. The predicted octanol–water partition coefficient (Wildman–Crippen LogP) is 8.16. The molecule has 1 saturated heterocycles. The third kappa shape index (κ3) is 7.06. The molecule has 2 aromatic carbocycles. The van der Waals surface area contributed by atoms with Gasteiger partial charge in [0, 0.05) is 36.8 Å². The lowest BCUT2D eigenvalue weighted by molar-refractivity contribution is -0.137. The molecule has 47 heavy (non-hydrogen) atoms. The summed E-state index contributed by atoms with van der Waals surface area (Å²) in [6.45, 7) is 8.47. The normalized spacial score (nSPS) is 15.1. The summed E-state index contributed by atoms with van der Waals surface area (Å²) >= 11 is 0. The van der Waals surface area contributed by atoms with E-state index in [1.165, 1.54) is 6.07 Å². The van der Waals surface area contributed by atoms with Crippen LogP contribution in [0.3, 0.4) is 0 Å². The second kappa shape index (κ2) is 12.7. The number of fused-ring (bicyclic) bond motifs is 1. The average Bonchev–Trinajstić information content (AvgIpc) is 3.53. The van der Waals surface area contributed by atoms with Gasteiger partial charge in [-0.3, -0.25) is 4.40 Å². The summed E-state index contributed by atoms with van der Waals surface area (Å²) in [5, 5.41) is 12.0. The molecule has 0 bridgehead atoms. The number of benzene rings is 2. The fourth-order valence-corrected chi connectivity index (χ4v) is 5.87. The van der Waals surface area contributed by atoms with Crippen LogP contribution in [0, 0.1) is 0 Å². The molecule has 1 fully saturated rings. The lowest BCUT2D eigenvalue weighted by Gasteiger charge is -2.33. The maximum Gasteiger partial charge on any atom is 0.416 e. The maximum absolute atomic E-state index is 13.9. The summed E-state index contributed by atoms with van der Waals surface area (Å²) in [6, 6.07) is 18.7. The van der Waals surface area contributed by atoms with Crippen molar-refractivity contribution in [2.75, 3.05) is 18.4 Å². The molecule has 3 aromatic heterocycles. The lowest BCUT2D eigenvalue weighted by atomic mass is 9.94. The van der Waals surface area contributed by atoms with E-state index in [1.807, 2.05) is 64.1 Å². The minimum absolute atomic E-state index is 0.0560. The molecular formula is C35H36F3N7O2. The fourth-order valence-electron chi connectivity index (χ4n) is 5.87. The van der Waals surface area contributed by atoms with Crippen molar-refractivity contribution in [2.45, 2.75) is 64.3 Å². The smallest absolute Gasteiger partial charge is 0.416 e. The van der Waals surface area contributed by atoms with Gasteiger partial charge in [-0.15, -0.1) is 10.2 Å². The third-order valence-corrected chi connectivity index (χ3v) is 8.17. The van der Waals surface area contributed by atoms with Crippen molar-refractivity contribution >= 4 is 17.6 Å². The Morgan fingerprint density at radius 1 is 0.979 bits per heavy atom. The molecule has 244 valence electrons. The van der Waals surface area contributed by atoms with Crippen molar-refractivity contribution in [3.63, 3.8) is 0 Å². The van der Waals surface area contributed by atoms with Crippen LogP contribution in [0.15, 0.2) is 79.3 Å². The number of rotatable bonds is 6. The maximum atomic E-state index is 13.9. The molecule has 0 radical (unpaired) electrons. The summed E-state index contributed by atoms with van der Waals surface area (Å²) in [4.78, 5) is 24.1. The number of aromatic nitrogens is 5. The highest BCUT2D eigenvalue weighted by atomic mass is 19.4. The van der Waals surface area contributed by atoms with E-state index >= 15 is 0 Å². The van der Waals surface area contributed by atoms with E-state index < -0.39 is 17.3 Å². The van der Waals surface area contributed by atoms with Crippen LogP contribution in [-0.4, -0.2) is 54.2 Å². The Bertz CT molecular complexity index is 1880. The molecule has 0 spiro atoms. The van der Waals surface area contributed by atoms with E-state index in [2.05, 4.69) is 20.5 Å². The van der Waals surface area contributed by atoms with Gasteiger partial charge in [0.25, 0.3) is 0 Å². The van der Waals surface area contributed by atoms with E-state index in [-0.39, 0.29) is 18.1 Å². The van der Waals surface area contributed by atoms with E-state index in [1.54, 1.807) is 34.0 Å². The number of anilines is 1. The van der Waals surface area contributed by atoms with E-state index in [4.69, 9.17) is 9.72 Å². The van der Waals surface area contributed by atoms with E-state index in [0.717, 1.165) is 17.7 Å². The molecule has 9 nitrogen and oxygen atoms in total. The highest BCUT2D eigenvalue weighted by Crippen LogP contribution is 2.40. The number of hydrogen-bond acceptors (Lipinski definition) is 7. The Morgan fingerprint density at radius 3 is 2.43 bits per heavy atom. The molecule has 5 aromatic rings. The average molecular weight is 644 g/mol. The van der Waals surface area contributed by atoms with Gasteiger partial charge in [0.2, 0.25) is 0 Å². The summed E-state index contributed by atoms with van der Waals surface area (Å²) in [6.07, 6.45) is -0.476. The highest BCUT2D eigenvalue weighted by Gasteiger charge is 2.33. The van der Waals surface area contributed by atoms with Gasteiger partial charge in [0.15, 0.2) is 5.65 Å². The SMILES string of the molecule is CC(Nc1cc(-c2nc(C3CCN(C(=O)OC(C)(C)C)CC3)n3cnnc3c2-c2cccc(C(F)(F)F)c2)ccn1)c1ccccc1. The summed E-state index contributed by atoms with van der Waals surface area (Å²) in [7, 11) is 0. The van der Waals surface area contributed by atoms with E-state index in [9.17, 15) is 18.0 Å². The van der Waals surface area contributed by atoms with Crippen molar-refractivity contribution in [3.8, 4) is 22.4 Å². The Labute approximate surface area is 270 Å². The number of ether oxygens (including phenoxy) is 1. The molecule has 1 atom stereocenters. The number of nitrogens with one attached hydrogen (secondary N) is 1. The first kappa shape index (κ1) is 32.0. The second-order valence-corrected chi connectivity index (χ2v) is 12.7. The topological polar surface area (TPSA) is 97.5 Å². The van der Waals surface area contributed by atoms with Crippen molar-refractivity contribution in [3.05, 3.63) is 96.2 Å². The summed E-state index contributed by atoms with van der Waals surface area (Å²) < 4.78 is 48.9. The minimum atomic E-state index is -4.53. The molecule has 4 heterocycles. The lowest BCUT2D eigenvalue weighted by Crippen LogP contribution is -2.41. The number of nitrogens with zero attached hydrogens (tertiary/aromatic N) is 6. The fraction of sp³-hybridized carbons (Fsp3) is 0.343. The molecule has 0 saturated carbocycles. The Kier molecular flexibility index (Phi) is 8.61. The van der Waals surface area contributed by atoms with Crippen LogP contribution in [0.5, 0.6) is 0 Å². The quantitative estimate of drug-likeness (QED) is 0.199. The van der Waals surface area contributed by atoms with Gasteiger partial charge in [-0.1, -0.05) is 42.5 Å². The molecule has 1 amide bonds. The molecule has 1 unspecified atom stereocenters. The van der Waals surface area contributed by atoms with Crippen LogP contribution in [-0.2, 0) is 10.9 Å².